The lowest BCUT2D eigenvalue weighted by Crippen LogP contribution is -2.30. The van der Waals surface area contributed by atoms with E-state index in [4.69, 9.17) is 10.6 Å². The molecule has 0 aliphatic heterocycles. The molecule has 3 N–H and O–H groups in total. The number of methoxy groups -OCH3 is 1. The summed E-state index contributed by atoms with van der Waals surface area (Å²) in [5.74, 6) is 5.59. The smallest absolute Gasteiger partial charge is 0.165 e. The lowest BCUT2D eigenvalue weighted by atomic mass is 9.94. The average molecular weight is 288 g/mol. The Morgan fingerprint density at radius 1 is 1.19 bits per heavy atom. The number of aryl methyl sites for hydroxylation is 2. The van der Waals surface area contributed by atoms with Crippen LogP contribution in [0.5, 0.6) is 5.75 Å². The number of hydrogen-bond acceptors (Lipinski definition) is 3. The van der Waals surface area contributed by atoms with Gasteiger partial charge < -0.3 is 4.74 Å². The number of nitrogens with two attached hydrogens (primary N) is 1. The molecule has 3 nitrogen and oxygen atoms in total. The molecule has 0 saturated heterocycles. The van der Waals surface area contributed by atoms with Crippen LogP contribution in [-0.2, 0) is 6.42 Å². The van der Waals surface area contributed by atoms with Crippen LogP contribution in [0.1, 0.15) is 28.3 Å². The van der Waals surface area contributed by atoms with Crippen molar-refractivity contribution in [3.63, 3.8) is 0 Å². The minimum Gasteiger partial charge on any atom is -0.494 e. The molecule has 0 bridgehead atoms. The first-order valence-corrected chi connectivity index (χ1v) is 6.91. The van der Waals surface area contributed by atoms with Gasteiger partial charge >= 0.3 is 0 Å². The molecule has 0 aliphatic carbocycles. The highest BCUT2D eigenvalue weighted by atomic mass is 19.1. The van der Waals surface area contributed by atoms with Crippen LogP contribution < -0.4 is 16.0 Å². The number of rotatable bonds is 5. The van der Waals surface area contributed by atoms with E-state index in [1.54, 1.807) is 6.07 Å². The summed E-state index contributed by atoms with van der Waals surface area (Å²) in [6.07, 6.45) is 0.613. The third kappa shape index (κ3) is 3.60. The minimum absolute atomic E-state index is 0.0577. The largest absolute Gasteiger partial charge is 0.494 e. The molecule has 0 amide bonds. The molecule has 2 aromatic carbocycles. The Labute approximate surface area is 124 Å². The highest BCUT2D eigenvalue weighted by molar-refractivity contribution is 5.35. The fourth-order valence-corrected chi connectivity index (χ4v) is 2.47. The third-order valence-electron chi connectivity index (χ3n) is 3.67. The highest BCUT2D eigenvalue weighted by Gasteiger charge is 2.14. The average Bonchev–Trinajstić information content (AvgIpc) is 2.47. The molecule has 1 atom stereocenters. The van der Waals surface area contributed by atoms with Gasteiger partial charge in [-0.15, -0.1) is 0 Å². The van der Waals surface area contributed by atoms with Crippen LogP contribution in [0.4, 0.5) is 4.39 Å². The van der Waals surface area contributed by atoms with E-state index in [2.05, 4.69) is 23.6 Å². The highest BCUT2D eigenvalue weighted by Crippen LogP contribution is 2.25. The second kappa shape index (κ2) is 6.70. The van der Waals surface area contributed by atoms with E-state index in [1.807, 2.05) is 19.9 Å². The lowest BCUT2D eigenvalue weighted by Gasteiger charge is -2.19. The maximum absolute atomic E-state index is 13.8. The maximum Gasteiger partial charge on any atom is 0.165 e. The molecule has 0 spiro atoms. The van der Waals surface area contributed by atoms with Crippen molar-refractivity contribution in [1.82, 2.24) is 5.43 Å². The molecule has 0 saturated carbocycles. The summed E-state index contributed by atoms with van der Waals surface area (Å²) >= 11 is 0. The summed E-state index contributed by atoms with van der Waals surface area (Å²) in [4.78, 5) is 0. The van der Waals surface area contributed by atoms with E-state index >= 15 is 0 Å². The summed E-state index contributed by atoms with van der Waals surface area (Å²) in [6, 6.07) is 11.2. The van der Waals surface area contributed by atoms with E-state index in [0.717, 1.165) is 16.7 Å². The van der Waals surface area contributed by atoms with Crippen molar-refractivity contribution in [2.75, 3.05) is 7.11 Å². The number of ether oxygens (including phenoxy) is 1. The summed E-state index contributed by atoms with van der Waals surface area (Å²) in [5, 5.41) is 0. The summed E-state index contributed by atoms with van der Waals surface area (Å²) in [7, 11) is 1.46. The topological polar surface area (TPSA) is 47.3 Å². The Morgan fingerprint density at radius 2 is 1.95 bits per heavy atom. The summed E-state index contributed by atoms with van der Waals surface area (Å²) in [5.41, 5.74) is 7.18. The molecule has 0 fully saturated rings. The van der Waals surface area contributed by atoms with Crippen molar-refractivity contribution < 1.29 is 9.13 Å². The molecule has 2 aromatic rings. The molecule has 112 valence electrons. The van der Waals surface area contributed by atoms with Gasteiger partial charge in [0.15, 0.2) is 11.6 Å². The number of halogens is 1. The zero-order chi connectivity index (χ0) is 15.4. The third-order valence-corrected chi connectivity index (χ3v) is 3.67. The molecule has 2 rings (SSSR count). The molecule has 0 radical (unpaired) electrons. The Bertz CT molecular complexity index is 628. The second-order valence-corrected chi connectivity index (χ2v) is 5.25. The van der Waals surface area contributed by atoms with Gasteiger partial charge in [-0.05, 0) is 49.1 Å². The van der Waals surface area contributed by atoms with Gasteiger partial charge in [-0.1, -0.05) is 29.8 Å². The van der Waals surface area contributed by atoms with Gasteiger partial charge in [0.2, 0.25) is 0 Å². The van der Waals surface area contributed by atoms with Crippen LogP contribution in [0.2, 0.25) is 0 Å². The quantitative estimate of drug-likeness (QED) is 0.656. The van der Waals surface area contributed by atoms with E-state index in [-0.39, 0.29) is 17.6 Å². The zero-order valence-corrected chi connectivity index (χ0v) is 12.6. The standard InChI is InChI=1S/C17H21FN2O/c1-11-4-5-12(2)14(8-11)16(20-19)10-13-6-7-17(21-3)15(18)9-13/h4-9,16,20H,10,19H2,1-3H3. The Balaban J connectivity index is 2.26. The second-order valence-electron chi connectivity index (χ2n) is 5.25. The molecule has 1 unspecified atom stereocenters. The maximum atomic E-state index is 13.8. The fourth-order valence-electron chi connectivity index (χ4n) is 2.47. The SMILES string of the molecule is COc1ccc(CC(NN)c2cc(C)ccc2C)cc1F. The van der Waals surface area contributed by atoms with Crippen molar-refractivity contribution >= 4 is 0 Å². The number of hydrazine groups is 1. The molecule has 4 heteroatoms. The predicted octanol–water partition coefficient (Wildman–Crippen LogP) is 3.20. The van der Waals surface area contributed by atoms with E-state index in [1.165, 1.54) is 18.7 Å². The van der Waals surface area contributed by atoms with E-state index in [9.17, 15) is 4.39 Å². The zero-order valence-electron chi connectivity index (χ0n) is 12.6. The Kier molecular flexibility index (Phi) is 4.94. The molecule has 0 aliphatic rings. The van der Waals surface area contributed by atoms with Gasteiger partial charge in [-0.3, -0.25) is 11.3 Å². The van der Waals surface area contributed by atoms with E-state index in [0.29, 0.717) is 6.42 Å². The van der Waals surface area contributed by atoms with Crippen molar-refractivity contribution in [2.24, 2.45) is 5.84 Å². The number of benzene rings is 2. The Hall–Kier alpha value is -1.91. The molecular formula is C17H21FN2O. The monoisotopic (exact) mass is 288 g/mol. The fraction of sp³-hybridized carbons (Fsp3) is 0.294. The van der Waals surface area contributed by atoms with Crippen LogP contribution in [0, 0.1) is 19.7 Å². The van der Waals surface area contributed by atoms with Crippen LogP contribution >= 0.6 is 0 Å². The number of hydrogen-bond donors (Lipinski definition) is 2. The lowest BCUT2D eigenvalue weighted by molar-refractivity contribution is 0.386. The predicted molar refractivity (Wildman–Crippen MR) is 82.6 cm³/mol. The summed E-state index contributed by atoms with van der Waals surface area (Å²) < 4.78 is 18.7. The Morgan fingerprint density at radius 3 is 2.57 bits per heavy atom. The van der Waals surface area contributed by atoms with Crippen LogP contribution in [0.25, 0.3) is 0 Å². The van der Waals surface area contributed by atoms with Gasteiger partial charge in [0.1, 0.15) is 0 Å². The van der Waals surface area contributed by atoms with Crippen LogP contribution in [0.15, 0.2) is 36.4 Å². The van der Waals surface area contributed by atoms with E-state index < -0.39 is 0 Å². The normalized spacial score (nSPS) is 12.2. The van der Waals surface area contributed by atoms with Gasteiger partial charge in [0.25, 0.3) is 0 Å². The number of nitrogens with one attached hydrogen (secondary N) is 1. The first kappa shape index (κ1) is 15.5. The molecular weight excluding hydrogens is 267 g/mol. The van der Waals surface area contributed by atoms with Crippen molar-refractivity contribution in [3.05, 3.63) is 64.5 Å². The first-order valence-electron chi connectivity index (χ1n) is 6.91. The van der Waals surface area contributed by atoms with Crippen molar-refractivity contribution in [3.8, 4) is 5.75 Å². The van der Waals surface area contributed by atoms with Gasteiger partial charge in [0.05, 0.1) is 13.2 Å². The van der Waals surface area contributed by atoms with Gasteiger partial charge in [0, 0.05) is 0 Å². The molecule has 21 heavy (non-hydrogen) atoms. The van der Waals surface area contributed by atoms with Gasteiger partial charge in [-0.25, -0.2) is 4.39 Å². The molecule has 0 aromatic heterocycles. The van der Waals surface area contributed by atoms with Crippen LogP contribution in [0.3, 0.4) is 0 Å². The first-order chi connectivity index (χ1) is 10.0. The van der Waals surface area contributed by atoms with Gasteiger partial charge in [-0.2, -0.15) is 0 Å². The van der Waals surface area contributed by atoms with Crippen molar-refractivity contribution in [1.29, 1.82) is 0 Å². The van der Waals surface area contributed by atoms with Crippen molar-refractivity contribution in [2.45, 2.75) is 26.3 Å². The minimum atomic E-state index is -0.355. The van der Waals surface area contributed by atoms with Crippen LogP contribution in [-0.4, -0.2) is 7.11 Å². The summed E-state index contributed by atoms with van der Waals surface area (Å²) in [6.45, 7) is 4.09. The molecule has 0 heterocycles.